The Morgan fingerprint density at radius 2 is 2.08 bits per heavy atom. The summed E-state index contributed by atoms with van der Waals surface area (Å²) >= 11 is 5.80. The number of phenols is 1. The number of carbonyl (C=O) groups excluding carboxylic acids is 1. The van der Waals surface area contributed by atoms with Crippen LogP contribution < -0.4 is 5.56 Å². The van der Waals surface area contributed by atoms with Crippen LogP contribution in [-0.4, -0.2) is 20.5 Å². The van der Waals surface area contributed by atoms with Gasteiger partial charge in [-0.2, -0.15) is 0 Å². The molecule has 1 N–H and O–H groups in total. The first-order valence-electron chi connectivity index (χ1n) is 7.09. The number of aromatic hydroxyl groups is 1. The van der Waals surface area contributed by atoms with Crippen LogP contribution in [0.3, 0.4) is 0 Å². The van der Waals surface area contributed by atoms with Gasteiger partial charge < -0.3 is 9.84 Å². The number of ether oxygens (including phenoxy) is 1. The molecular weight excluding hydrogens is 332 g/mol. The average molecular weight is 345 g/mol. The zero-order valence-corrected chi connectivity index (χ0v) is 13.4. The quantitative estimate of drug-likeness (QED) is 0.739. The molecule has 0 radical (unpaired) electrons. The summed E-state index contributed by atoms with van der Waals surface area (Å²) in [5.74, 6) is -0.979. The van der Waals surface area contributed by atoms with Gasteiger partial charge in [-0.25, -0.2) is 9.78 Å². The highest BCUT2D eigenvalue weighted by Gasteiger charge is 2.14. The summed E-state index contributed by atoms with van der Waals surface area (Å²) in [5, 5.41) is 9.99. The van der Waals surface area contributed by atoms with E-state index in [4.69, 9.17) is 16.3 Å². The maximum Gasteiger partial charge on any atom is 0.342 e. The van der Waals surface area contributed by atoms with E-state index in [1.54, 1.807) is 25.1 Å². The normalized spacial score (nSPS) is 10.8. The van der Waals surface area contributed by atoms with E-state index in [1.807, 2.05) is 0 Å². The van der Waals surface area contributed by atoms with Crippen LogP contribution in [-0.2, 0) is 11.3 Å². The molecule has 2 heterocycles. The van der Waals surface area contributed by atoms with E-state index >= 15 is 0 Å². The zero-order chi connectivity index (χ0) is 17.3. The SMILES string of the molecule is Cc1cccc2nc(COC(=O)c3cc(Cl)ccc3O)cc(=O)n12. The summed E-state index contributed by atoms with van der Waals surface area (Å²) in [6.45, 7) is 1.61. The molecule has 0 saturated heterocycles. The van der Waals surface area contributed by atoms with Gasteiger partial charge in [0.15, 0.2) is 0 Å². The minimum Gasteiger partial charge on any atom is -0.507 e. The highest BCUT2D eigenvalue weighted by molar-refractivity contribution is 6.31. The monoisotopic (exact) mass is 344 g/mol. The van der Waals surface area contributed by atoms with Crippen molar-refractivity contribution < 1.29 is 14.6 Å². The predicted octanol–water partition coefficient (Wildman–Crippen LogP) is 2.72. The number of aryl methyl sites for hydroxylation is 1. The number of benzene rings is 1. The van der Waals surface area contributed by atoms with E-state index in [0.29, 0.717) is 16.4 Å². The van der Waals surface area contributed by atoms with Crippen LogP contribution >= 0.6 is 11.6 Å². The zero-order valence-electron chi connectivity index (χ0n) is 12.7. The fourth-order valence-electron chi connectivity index (χ4n) is 2.33. The lowest BCUT2D eigenvalue weighted by Crippen LogP contribution is -2.18. The molecule has 24 heavy (non-hydrogen) atoms. The van der Waals surface area contributed by atoms with Crippen molar-refractivity contribution in [2.45, 2.75) is 13.5 Å². The Balaban J connectivity index is 1.84. The Morgan fingerprint density at radius 3 is 2.88 bits per heavy atom. The maximum absolute atomic E-state index is 12.2. The number of esters is 1. The van der Waals surface area contributed by atoms with Crippen molar-refractivity contribution in [2.24, 2.45) is 0 Å². The van der Waals surface area contributed by atoms with Crippen molar-refractivity contribution in [1.29, 1.82) is 0 Å². The number of hydrogen-bond acceptors (Lipinski definition) is 5. The lowest BCUT2D eigenvalue weighted by molar-refractivity contribution is 0.0464. The van der Waals surface area contributed by atoms with Gasteiger partial charge in [0.2, 0.25) is 0 Å². The van der Waals surface area contributed by atoms with Crippen molar-refractivity contribution in [3.05, 3.63) is 74.8 Å². The lowest BCUT2D eigenvalue weighted by Gasteiger charge is -2.08. The smallest absolute Gasteiger partial charge is 0.342 e. The maximum atomic E-state index is 12.2. The van der Waals surface area contributed by atoms with Crippen molar-refractivity contribution in [2.75, 3.05) is 0 Å². The predicted molar refractivity (Wildman–Crippen MR) is 88.4 cm³/mol. The summed E-state index contributed by atoms with van der Waals surface area (Å²) in [7, 11) is 0. The molecule has 7 heteroatoms. The molecule has 0 atom stereocenters. The van der Waals surface area contributed by atoms with Gasteiger partial charge in [0.05, 0.1) is 5.69 Å². The fraction of sp³-hybridized carbons (Fsp3) is 0.118. The van der Waals surface area contributed by atoms with E-state index in [0.717, 1.165) is 5.69 Å². The van der Waals surface area contributed by atoms with Crippen molar-refractivity contribution in [3.8, 4) is 5.75 Å². The molecular formula is C17H13ClN2O4. The van der Waals surface area contributed by atoms with Crippen LogP contribution in [0.4, 0.5) is 0 Å². The van der Waals surface area contributed by atoms with Crippen LogP contribution in [0, 0.1) is 6.92 Å². The third-order valence-electron chi connectivity index (χ3n) is 3.46. The fourth-order valence-corrected chi connectivity index (χ4v) is 2.50. The highest BCUT2D eigenvalue weighted by atomic mass is 35.5. The van der Waals surface area contributed by atoms with Crippen LogP contribution in [0.15, 0.2) is 47.3 Å². The van der Waals surface area contributed by atoms with Gasteiger partial charge in [-0.1, -0.05) is 17.7 Å². The number of halogens is 1. The summed E-state index contributed by atoms with van der Waals surface area (Å²) in [6.07, 6.45) is 0. The summed E-state index contributed by atoms with van der Waals surface area (Å²) < 4.78 is 6.58. The third kappa shape index (κ3) is 3.09. The van der Waals surface area contributed by atoms with Crippen LogP contribution in [0.1, 0.15) is 21.7 Å². The minimum absolute atomic E-state index is 0.0455. The number of carbonyl (C=O) groups is 1. The number of phenolic OH excluding ortho intramolecular Hbond substituents is 1. The Morgan fingerprint density at radius 1 is 1.29 bits per heavy atom. The molecule has 0 aliphatic rings. The van der Waals surface area contributed by atoms with Crippen molar-refractivity contribution in [3.63, 3.8) is 0 Å². The molecule has 0 fully saturated rings. The van der Waals surface area contributed by atoms with Crippen LogP contribution in [0.5, 0.6) is 5.75 Å². The largest absolute Gasteiger partial charge is 0.507 e. The standard InChI is InChI=1S/C17H13ClN2O4/c1-10-3-2-4-15-19-12(8-16(22)20(10)15)9-24-17(23)13-7-11(18)5-6-14(13)21/h2-8,21H,9H2,1H3. The molecule has 122 valence electrons. The average Bonchev–Trinajstić information content (AvgIpc) is 2.54. The van der Waals surface area contributed by atoms with E-state index in [9.17, 15) is 14.7 Å². The van der Waals surface area contributed by atoms with Gasteiger partial charge >= 0.3 is 5.97 Å². The Labute approximate surface area is 141 Å². The molecule has 0 saturated carbocycles. The van der Waals surface area contributed by atoms with Gasteiger partial charge in [-0.15, -0.1) is 0 Å². The first kappa shape index (κ1) is 16.0. The highest BCUT2D eigenvalue weighted by Crippen LogP contribution is 2.22. The number of rotatable bonds is 3. The van der Waals surface area contributed by atoms with Crippen molar-refractivity contribution in [1.82, 2.24) is 9.38 Å². The van der Waals surface area contributed by atoms with E-state index < -0.39 is 5.97 Å². The third-order valence-corrected chi connectivity index (χ3v) is 3.70. The molecule has 0 aliphatic heterocycles. The molecule has 0 aliphatic carbocycles. The lowest BCUT2D eigenvalue weighted by atomic mass is 10.2. The van der Waals surface area contributed by atoms with Crippen LogP contribution in [0.2, 0.25) is 5.02 Å². The van der Waals surface area contributed by atoms with Gasteiger partial charge in [0.1, 0.15) is 23.6 Å². The minimum atomic E-state index is -0.749. The molecule has 0 bridgehead atoms. The Kier molecular flexibility index (Phi) is 4.22. The molecule has 3 rings (SSSR count). The molecule has 1 aromatic carbocycles. The van der Waals surface area contributed by atoms with E-state index in [1.165, 1.54) is 28.7 Å². The molecule has 3 aromatic rings. The molecule has 0 unspecified atom stereocenters. The number of fused-ring (bicyclic) bond motifs is 1. The van der Waals surface area contributed by atoms with Gasteiger partial charge in [0, 0.05) is 16.8 Å². The number of hydrogen-bond donors (Lipinski definition) is 1. The summed E-state index contributed by atoms with van der Waals surface area (Å²) in [5.41, 5.74) is 1.25. The second kappa shape index (κ2) is 6.33. The van der Waals surface area contributed by atoms with E-state index in [2.05, 4.69) is 4.98 Å². The van der Waals surface area contributed by atoms with Gasteiger partial charge in [-0.3, -0.25) is 9.20 Å². The first-order chi connectivity index (χ1) is 11.5. The Bertz CT molecular complexity index is 998. The van der Waals surface area contributed by atoms with E-state index in [-0.39, 0.29) is 23.5 Å². The van der Waals surface area contributed by atoms with Crippen molar-refractivity contribution >= 4 is 23.2 Å². The molecule has 6 nitrogen and oxygen atoms in total. The second-order valence-corrected chi connectivity index (χ2v) is 5.62. The summed E-state index contributed by atoms with van der Waals surface area (Å²) in [4.78, 5) is 28.5. The number of pyridine rings is 1. The van der Waals surface area contributed by atoms with Gasteiger partial charge in [0.25, 0.3) is 5.56 Å². The summed E-state index contributed by atoms with van der Waals surface area (Å²) in [6, 6.07) is 10.7. The number of aromatic nitrogens is 2. The molecule has 0 spiro atoms. The second-order valence-electron chi connectivity index (χ2n) is 5.18. The molecule has 2 aromatic heterocycles. The van der Waals surface area contributed by atoms with Gasteiger partial charge in [-0.05, 0) is 37.3 Å². The molecule has 0 amide bonds. The first-order valence-corrected chi connectivity index (χ1v) is 7.47. The number of nitrogens with zero attached hydrogens (tertiary/aromatic N) is 2. The van der Waals surface area contributed by atoms with Crippen LogP contribution in [0.25, 0.3) is 5.65 Å². The Hall–Kier alpha value is -2.86. The topological polar surface area (TPSA) is 80.9 Å².